The largest absolute Gasteiger partial charge is 0.493 e. The molecule has 2 aromatic rings. The molecule has 7 heteroatoms. The molecule has 0 saturated heterocycles. The molecule has 0 unspecified atom stereocenters. The Bertz CT molecular complexity index is 603. The molecule has 6 nitrogen and oxygen atoms in total. The first-order valence-corrected chi connectivity index (χ1v) is 6.72. The monoisotopic (exact) mass is 311 g/mol. The minimum absolute atomic E-state index is 0.248. The highest BCUT2D eigenvalue weighted by Gasteiger charge is 2.15. The summed E-state index contributed by atoms with van der Waals surface area (Å²) in [5.41, 5.74) is 6.55. The molecule has 0 fully saturated rings. The number of ether oxygens (including phenoxy) is 3. The average Bonchev–Trinajstić information content (AvgIpc) is 2.83. The number of benzene rings is 1. The summed E-state index contributed by atoms with van der Waals surface area (Å²) in [5, 5.41) is 0.547. The molecule has 0 aliphatic heterocycles. The molecule has 0 amide bonds. The van der Waals surface area contributed by atoms with Gasteiger partial charge in [0, 0.05) is 13.6 Å². The number of rotatable bonds is 6. The van der Waals surface area contributed by atoms with E-state index in [-0.39, 0.29) is 6.61 Å². The fraction of sp³-hybridized carbons (Fsp3) is 0.357. The normalized spacial score (nSPS) is 10.5. The van der Waals surface area contributed by atoms with E-state index in [0.29, 0.717) is 34.8 Å². The van der Waals surface area contributed by atoms with E-state index in [4.69, 9.17) is 31.5 Å². The van der Waals surface area contributed by atoms with Gasteiger partial charge in [0.2, 0.25) is 5.75 Å². The standard InChI is InChI=1S/C14H18ClN3O3/c1-18-12(15)7-17-13(18)8-21-14-10(19-2)4-9(6-16)5-11(14)20-3/h4-5,7H,6,8,16H2,1-3H3. The molecule has 2 rings (SSSR count). The lowest BCUT2D eigenvalue weighted by molar-refractivity contribution is 0.256. The second-order valence-electron chi connectivity index (χ2n) is 4.38. The number of hydrogen-bond donors (Lipinski definition) is 1. The molecule has 0 atom stereocenters. The molecule has 0 aliphatic rings. The van der Waals surface area contributed by atoms with Crippen molar-refractivity contribution in [2.24, 2.45) is 12.8 Å². The van der Waals surface area contributed by atoms with Crippen molar-refractivity contribution in [2.45, 2.75) is 13.2 Å². The Morgan fingerprint density at radius 2 is 1.86 bits per heavy atom. The Morgan fingerprint density at radius 1 is 1.24 bits per heavy atom. The summed E-state index contributed by atoms with van der Waals surface area (Å²) in [6, 6.07) is 3.65. The first-order valence-electron chi connectivity index (χ1n) is 6.34. The van der Waals surface area contributed by atoms with E-state index in [1.165, 1.54) is 0 Å². The molecule has 0 saturated carbocycles. The smallest absolute Gasteiger partial charge is 0.204 e. The van der Waals surface area contributed by atoms with E-state index in [1.54, 1.807) is 25.0 Å². The number of nitrogens with zero attached hydrogens (tertiary/aromatic N) is 2. The predicted molar refractivity (Wildman–Crippen MR) is 80.0 cm³/mol. The van der Waals surface area contributed by atoms with E-state index in [2.05, 4.69) is 4.98 Å². The highest BCUT2D eigenvalue weighted by molar-refractivity contribution is 6.29. The average molecular weight is 312 g/mol. The highest BCUT2D eigenvalue weighted by Crippen LogP contribution is 2.39. The van der Waals surface area contributed by atoms with Gasteiger partial charge in [-0.3, -0.25) is 0 Å². The van der Waals surface area contributed by atoms with Gasteiger partial charge in [-0.25, -0.2) is 4.98 Å². The van der Waals surface area contributed by atoms with Crippen molar-refractivity contribution < 1.29 is 14.2 Å². The quantitative estimate of drug-likeness (QED) is 0.885. The molecule has 0 bridgehead atoms. The first kappa shape index (κ1) is 15.5. The van der Waals surface area contributed by atoms with E-state index in [1.807, 2.05) is 19.2 Å². The van der Waals surface area contributed by atoms with Crippen LogP contribution in [0.3, 0.4) is 0 Å². The number of halogens is 1. The van der Waals surface area contributed by atoms with Gasteiger partial charge < -0.3 is 24.5 Å². The number of aromatic nitrogens is 2. The van der Waals surface area contributed by atoms with Crippen molar-refractivity contribution in [1.29, 1.82) is 0 Å². The van der Waals surface area contributed by atoms with Crippen LogP contribution in [0.2, 0.25) is 5.15 Å². The summed E-state index contributed by atoms with van der Waals surface area (Å²) in [5.74, 6) is 2.34. The Balaban J connectivity index is 2.28. The number of hydrogen-bond acceptors (Lipinski definition) is 5. The Labute approximate surface area is 128 Å². The zero-order valence-electron chi connectivity index (χ0n) is 12.2. The van der Waals surface area contributed by atoms with Crippen molar-refractivity contribution in [3.63, 3.8) is 0 Å². The second kappa shape index (κ2) is 6.69. The summed E-state index contributed by atoms with van der Waals surface area (Å²) >= 11 is 5.95. The van der Waals surface area contributed by atoms with Crippen LogP contribution in [-0.4, -0.2) is 23.8 Å². The molecule has 1 aromatic heterocycles. The van der Waals surface area contributed by atoms with E-state index < -0.39 is 0 Å². The molecule has 21 heavy (non-hydrogen) atoms. The lowest BCUT2D eigenvalue weighted by Gasteiger charge is -2.15. The summed E-state index contributed by atoms with van der Waals surface area (Å²) in [6.07, 6.45) is 1.58. The zero-order valence-corrected chi connectivity index (χ0v) is 13.0. The lowest BCUT2D eigenvalue weighted by Crippen LogP contribution is -2.06. The maximum atomic E-state index is 5.95. The molecule has 2 N–H and O–H groups in total. The summed E-state index contributed by atoms with van der Waals surface area (Å²) in [6.45, 7) is 0.639. The second-order valence-corrected chi connectivity index (χ2v) is 4.77. The highest BCUT2D eigenvalue weighted by atomic mass is 35.5. The molecule has 0 radical (unpaired) electrons. The zero-order chi connectivity index (χ0) is 15.4. The molecule has 0 aliphatic carbocycles. The SMILES string of the molecule is COc1cc(CN)cc(OC)c1OCc1ncc(Cl)n1C. The maximum absolute atomic E-state index is 5.95. The third-order valence-corrected chi connectivity index (χ3v) is 3.48. The topological polar surface area (TPSA) is 71.5 Å². The summed E-state index contributed by atoms with van der Waals surface area (Å²) in [7, 11) is 4.96. The van der Waals surface area contributed by atoms with Crippen LogP contribution >= 0.6 is 11.6 Å². The van der Waals surface area contributed by atoms with E-state index >= 15 is 0 Å². The van der Waals surface area contributed by atoms with Gasteiger partial charge in [0.1, 0.15) is 17.6 Å². The van der Waals surface area contributed by atoms with E-state index in [9.17, 15) is 0 Å². The van der Waals surface area contributed by atoms with Crippen molar-refractivity contribution >= 4 is 11.6 Å². The van der Waals surface area contributed by atoms with Crippen LogP contribution in [0.1, 0.15) is 11.4 Å². The fourth-order valence-corrected chi connectivity index (χ4v) is 2.04. The number of imidazole rings is 1. The van der Waals surface area contributed by atoms with Crippen LogP contribution in [0.25, 0.3) is 0 Å². The first-order chi connectivity index (χ1) is 10.1. The van der Waals surface area contributed by atoms with E-state index in [0.717, 1.165) is 5.56 Å². The molecule has 1 heterocycles. The third-order valence-electron chi connectivity index (χ3n) is 3.13. The van der Waals surface area contributed by atoms with Gasteiger partial charge in [0.05, 0.1) is 20.4 Å². The predicted octanol–water partition coefficient (Wildman–Crippen LogP) is 2.13. The number of methoxy groups -OCH3 is 2. The van der Waals surface area contributed by atoms with Crippen molar-refractivity contribution in [1.82, 2.24) is 9.55 Å². The van der Waals surface area contributed by atoms with Crippen molar-refractivity contribution in [3.05, 3.63) is 34.9 Å². The van der Waals surface area contributed by atoms with Gasteiger partial charge in [-0.2, -0.15) is 0 Å². The fourth-order valence-electron chi connectivity index (χ4n) is 1.89. The minimum Gasteiger partial charge on any atom is -0.493 e. The van der Waals surface area contributed by atoms with Gasteiger partial charge in [0.25, 0.3) is 0 Å². The van der Waals surface area contributed by atoms with Gasteiger partial charge in [-0.05, 0) is 17.7 Å². The molecule has 1 aromatic carbocycles. The van der Waals surface area contributed by atoms with Gasteiger partial charge in [0.15, 0.2) is 11.5 Å². The number of nitrogens with two attached hydrogens (primary N) is 1. The van der Waals surface area contributed by atoms with Crippen LogP contribution in [0, 0.1) is 0 Å². The van der Waals surface area contributed by atoms with Crippen molar-refractivity contribution in [2.75, 3.05) is 14.2 Å². The van der Waals surface area contributed by atoms with Gasteiger partial charge in [-0.15, -0.1) is 0 Å². The Hall–Kier alpha value is -1.92. The van der Waals surface area contributed by atoms with Crippen LogP contribution in [0.4, 0.5) is 0 Å². The van der Waals surface area contributed by atoms with Crippen LogP contribution < -0.4 is 19.9 Å². The van der Waals surface area contributed by atoms with Crippen molar-refractivity contribution in [3.8, 4) is 17.2 Å². The maximum Gasteiger partial charge on any atom is 0.204 e. The van der Waals surface area contributed by atoms with Crippen LogP contribution in [-0.2, 0) is 20.2 Å². The Kier molecular flexibility index (Phi) is 4.93. The van der Waals surface area contributed by atoms with Crippen LogP contribution in [0.5, 0.6) is 17.2 Å². The third kappa shape index (κ3) is 3.22. The minimum atomic E-state index is 0.248. The van der Waals surface area contributed by atoms with Gasteiger partial charge in [-0.1, -0.05) is 11.6 Å². The lowest BCUT2D eigenvalue weighted by atomic mass is 10.2. The van der Waals surface area contributed by atoms with Gasteiger partial charge >= 0.3 is 0 Å². The summed E-state index contributed by atoms with van der Waals surface area (Å²) < 4.78 is 18.2. The summed E-state index contributed by atoms with van der Waals surface area (Å²) in [4.78, 5) is 4.18. The molecular weight excluding hydrogens is 294 g/mol. The Morgan fingerprint density at radius 3 is 2.29 bits per heavy atom. The molecule has 114 valence electrons. The molecule has 0 spiro atoms. The molecular formula is C14H18ClN3O3. The van der Waals surface area contributed by atoms with Crippen LogP contribution in [0.15, 0.2) is 18.3 Å².